The summed E-state index contributed by atoms with van der Waals surface area (Å²) in [5.74, 6) is 0. The number of benzene rings is 1. The van der Waals surface area contributed by atoms with Crippen molar-refractivity contribution < 1.29 is 13.2 Å². The Labute approximate surface area is 129 Å². The van der Waals surface area contributed by atoms with Gasteiger partial charge in [-0.25, -0.2) is 8.42 Å². The highest BCUT2D eigenvalue weighted by Crippen LogP contribution is 2.26. The second-order valence-corrected chi connectivity index (χ2v) is 7.79. The van der Waals surface area contributed by atoms with Crippen LogP contribution in [0.15, 0.2) is 27.6 Å². The van der Waals surface area contributed by atoms with Gasteiger partial charge in [0.25, 0.3) is 0 Å². The molecule has 4 nitrogen and oxygen atoms in total. The van der Waals surface area contributed by atoms with Crippen molar-refractivity contribution in [2.75, 3.05) is 19.7 Å². The van der Waals surface area contributed by atoms with Crippen molar-refractivity contribution in [3.63, 3.8) is 0 Å². The second-order valence-electron chi connectivity index (χ2n) is 4.97. The average molecular weight is 362 g/mol. The summed E-state index contributed by atoms with van der Waals surface area (Å²) in [5, 5.41) is 0. The van der Waals surface area contributed by atoms with Crippen LogP contribution in [0.3, 0.4) is 0 Å². The van der Waals surface area contributed by atoms with Gasteiger partial charge in [0.15, 0.2) is 0 Å². The van der Waals surface area contributed by atoms with Crippen LogP contribution < -0.4 is 0 Å². The molecule has 1 heterocycles. The normalized spacial score (nSPS) is 18.4. The van der Waals surface area contributed by atoms with Crippen LogP contribution in [-0.4, -0.2) is 38.5 Å². The topological polar surface area (TPSA) is 46.6 Å². The minimum Gasteiger partial charge on any atom is -0.378 e. The zero-order valence-corrected chi connectivity index (χ0v) is 14.2. The van der Waals surface area contributed by atoms with Crippen LogP contribution in [0.5, 0.6) is 0 Å². The van der Waals surface area contributed by atoms with Gasteiger partial charge >= 0.3 is 0 Å². The van der Waals surface area contributed by atoms with E-state index in [1.54, 1.807) is 10.4 Å². The van der Waals surface area contributed by atoms with E-state index in [1.807, 2.05) is 26.0 Å². The molecule has 0 bridgehead atoms. The molecule has 1 aromatic rings. The Morgan fingerprint density at radius 2 is 2.00 bits per heavy atom. The summed E-state index contributed by atoms with van der Waals surface area (Å²) in [7, 11) is -3.41. The first-order valence-corrected chi connectivity index (χ1v) is 9.06. The zero-order valence-electron chi connectivity index (χ0n) is 11.8. The SMILES string of the molecule is CCOC1CCN(S(=O)(=O)c2cc(Br)ccc2C)CC1. The third kappa shape index (κ3) is 3.42. The second kappa shape index (κ2) is 6.56. The molecule has 0 radical (unpaired) electrons. The van der Waals surface area contributed by atoms with Gasteiger partial charge in [0, 0.05) is 24.2 Å². The Morgan fingerprint density at radius 1 is 1.35 bits per heavy atom. The van der Waals surface area contributed by atoms with Gasteiger partial charge < -0.3 is 4.74 Å². The molecule has 0 unspecified atom stereocenters. The van der Waals surface area contributed by atoms with Crippen LogP contribution >= 0.6 is 15.9 Å². The highest BCUT2D eigenvalue weighted by Gasteiger charge is 2.30. The molecule has 1 fully saturated rings. The predicted octanol–water partition coefficient (Wildman–Crippen LogP) is 2.95. The molecule has 1 aromatic carbocycles. The number of sulfonamides is 1. The van der Waals surface area contributed by atoms with Crippen molar-refractivity contribution in [2.45, 2.75) is 37.7 Å². The third-order valence-corrected chi connectivity index (χ3v) is 6.11. The number of hydrogen-bond donors (Lipinski definition) is 0. The number of piperidine rings is 1. The molecule has 1 aliphatic rings. The zero-order chi connectivity index (χ0) is 14.8. The van der Waals surface area contributed by atoms with Gasteiger partial charge in [0.1, 0.15) is 0 Å². The summed E-state index contributed by atoms with van der Waals surface area (Å²) >= 11 is 3.34. The van der Waals surface area contributed by atoms with Crippen LogP contribution in [0.25, 0.3) is 0 Å². The summed E-state index contributed by atoms with van der Waals surface area (Å²) in [6.45, 7) is 5.53. The molecule has 0 aliphatic carbocycles. The Hall–Kier alpha value is -0.430. The van der Waals surface area contributed by atoms with Crippen LogP contribution in [0.1, 0.15) is 25.3 Å². The van der Waals surface area contributed by atoms with Crippen molar-refractivity contribution in [1.82, 2.24) is 4.31 Å². The Balaban J connectivity index is 2.18. The molecule has 2 rings (SSSR count). The van der Waals surface area contributed by atoms with Gasteiger partial charge in [-0.1, -0.05) is 22.0 Å². The number of halogens is 1. The number of ether oxygens (including phenoxy) is 1. The summed E-state index contributed by atoms with van der Waals surface area (Å²) in [4.78, 5) is 0.390. The summed E-state index contributed by atoms with van der Waals surface area (Å²) in [6.07, 6.45) is 1.72. The molecule has 112 valence electrons. The standard InChI is InChI=1S/C14H20BrNO3S/c1-3-19-13-6-8-16(9-7-13)20(17,18)14-10-12(15)5-4-11(14)2/h4-5,10,13H,3,6-9H2,1-2H3. The molecule has 0 amide bonds. The quantitative estimate of drug-likeness (QED) is 0.827. The lowest BCUT2D eigenvalue weighted by atomic mass is 10.1. The van der Waals surface area contributed by atoms with Crippen molar-refractivity contribution in [2.24, 2.45) is 0 Å². The number of hydrogen-bond acceptors (Lipinski definition) is 3. The fraction of sp³-hybridized carbons (Fsp3) is 0.571. The van der Waals surface area contributed by atoms with Crippen molar-refractivity contribution in [3.05, 3.63) is 28.2 Å². The van der Waals surface area contributed by atoms with Gasteiger partial charge in [0.05, 0.1) is 11.0 Å². The molecule has 0 N–H and O–H groups in total. The van der Waals surface area contributed by atoms with E-state index in [0.717, 1.165) is 22.9 Å². The first kappa shape index (κ1) is 15.9. The van der Waals surface area contributed by atoms with Crippen molar-refractivity contribution in [1.29, 1.82) is 0 Å². The van der Waals surface area contributed by atoms with E-state index in [2.05, 4.69) is 15.9 Å². The van der Waals surface area contributed by atoms with Gasteiger partial charge in [-0.05, 0) is 44.4 Å². The molecule has 0 spiro atoms. The largest absolute Gasteiger partial charge is 0.378 e. The lowest BCUT2D eigenvalue weighted by Gasteiger charge is -2.31. The molecular formula is C14H20BrNO3S. The first-order valence-electron chi connectivity index (χ1n) is 6.83. The van der Waals surface area contributed by atoms with E-state index in [-0.39, 0.29) is 6.10 Å². The van der Waals surface area contributed by atoms with Gasteiger partial charge in [-0.3, -0.25) is 0 Å². The van der Waals surface area contributed by atoms with E-state index in [0.29, 0.717) is 24.6 Å². The fourth-order valence-electron chi connectivity index (χ4n) is 2.47. The predicted molar refractivity (Wildman–Crippen MR) is 82.3 cm³/mol. The summed E-state index contributed by atoms with van der Waals surface area (Å²) < 4.78 is 33.3. The fourth-order valence-corrected chi connectivity index (χ4v) is 4.70. The molecule has 6 heteroatoms. The highest BCUT2D eigenvalue weighted by atomic mass is 79.9. The molecule has 0 aromatic heterocycles. The Bertz CT molecular complexity index is 566. The molecule has 1 aliphatic heterocycles. The first-order chi connectivity index (χ1) is 9.45. The molecule has 1 saturated heterocycles. The summed E-state index contributed by atoms with van der Waals surface area (Å²) in [5.41, 5.74) is 0.778. The Kier molecular flexibility index (Phi) is 5.23. The maximum Gasteiger partial charge on any atom is 0.243 e. The Morgan fingerprint density at radius 3 is 2.60 bits per heavy atom. The van der Waals surface area contributed by atoms with E-state index < -0.39 is 10.0 Å². The maximum absolute atomic E-state index is 12.7. The van der Waals surface area contributed by atoms with E-state index in [9.17, 15) is 8.42 Å². The molecule has 0 atom stereocenters. The lowest BCUT2D eigenvalue weighted by molar-refractivity contribution is 0.0290. The average Bonchev–Trinajstić information content (AvgIpc) is 2.42. The van der Waals surface area contributed by atoms with Gasteiger partial charge in [-0.15, -0.1) is 0 Å². The van der Waals surface area contributed by atoms with Crippen molar-refractivity contribution in [3.8, 4) is 0 Å². The highest BCUT2D eigenvalue weighted by molar-refractivity contribution is 9.10. The van der Waals surface area contributed by atoms with Gasteiger partial charge in [0.2, 0.25) is 10.0 Å². The van der Waals surface area contributed by atoms with Gasteiger partial charge in [-0.2, -0.15) is 4.31 Å². The van der Waals surface area contributed by atoms with Crippen LogP contribution in [0.4, 0.5) is 0 Å². The third-order valence-electron chi connectivity index (χ3n) is 3.57. The molecule has 0 saturated carbocycles. The van der Waals surface area contributed by atoms with Crippen LogP contribution in [-0.2, 0) is 14.8 Å². The smallest absolute Gasteiger partial charge is 0.243 e. The van der Waals surface area contributed by atoms with Crippen molar-refractivity contribution >= 4 is 26.0 Å². The summed E-state index contributed by atoms with van der Waals surface area (Å²) in [6, 6.07) is 5.36. The maximum atomic E-state index is 12.7. The van der Waals surface area contributed by atoms with Crippen LogP contribution in [0.2, 0.25) is 0 Å². The van der Waals surface area contributed by atoms with E-state index in [1.165, 1.54) is 0 Å². The van der Waals surface area contributed by atoms with Crippen LogP contribution in [0, 0.1) is 6.92 Å². The number of aryl methyl sites for hydroxylation is 1. The molecular weight excluding hydrogens is 342 g/mol. The lowest BCUT2D eigenvalue weighted by Crippen LogP contribution is -2.41. The minimum atomic E-state index is -3.41. The van der Waals surface area contributed by atoms with E-state index in [4.69, 9.17) is 4.74 Å². The number of rotatable bonds is 4. The monoisotopic (exact) mass is 361 g/mol. The minimum absolute atomic E-state index is 0.190. The van der Waals surface area contributed by atoms with E-state index >= 15 is 0 Å². The molecule has 20 heavy (non-hydrogen) atoms. The number of nitrogens with zero attached hydrogens (tertiary/aromatic N) is 1.